The molecule has 1 aromatic rings. The van der Waals surface area contributed by atoms with Crippen LogP contribution in [0.25, 0.3) is 0 Å². The van der Waals surface area contributed by atoms with Crippen LogP contribution >= 0.6 is 0 Å². The molecule has 1 rings (SSSR count). The fraction of sp³-hybridized carbons (Fsp3) is 0.471. The Hall–Kier alpha value is -2.35. The van der Waals surface area contributed by atoms with E-state index in [-0.39, 0.29) is 18.4 Å². The lowest BCUT2D eigenvalue weighted by molar-refractivity contribution is -0.131. The minimum absolute atomic E-state index is 0.0290. The maximum absolute atomic E-state index is 12.4. The highest BCUT2D eigenvalue weighted by Crippen LogP contribution is 2.16. The van der Waals surface area contributed by atoms with Crippen LogP contribution in [0.5, 0.6) is 0 Å². The first-order valence-corrected chi connectivity index (χ1v) is 7.59. The van der Waals surface area contributed by atoms with E-state index in [0.29, 0.717) is 24.3 Å². The second-order valence-electron chi connectivity index (χ2n) is 5.14. The van der Waals surface area contributed by atoms with E-state index in [4.69, 9.17) is 5.26 Å². The fourth-order valence-corrected chi connectivity index (χ4v) is 2.24. The molecule has 5 nitrogen and oxygen atoms in total. The van der Waals surface area contributed by atoms with Gasteiger partial charge in [-0.05, 0) is 37.1 Å². The molecule has 0 saturated heterocycles. The van der Waals surface area contributed by atoms with E-state index < -0.39 is 0 Å². The van der Waals surface area contributed by atoms with E-state index >= 15 is 0 Å². The van der Waals surface area contributed by atoms with Gasteiger partial charge in [0.2, 0.25) is 11.8 Å². The van der Waals surface area contributed by atoms with Crippen molar-refractivity contribution in [2.24, 2.45) is 0 Å². The van der Waals surface area contributed by atoms with Crippen molar-refractivity contribution in [1.82, 2.24) is 4.90 Å². The van der Waals surface area contributed by atoms with Crippen LogP contribution in [-0.4, -0.2) is 36.3 Å². The second kappa shape index (κ2) is 8.83. The van der Waals surface area contributed by atoms with Crippen molar-refractivity contribution >= 4 is 17.5 Å². The number of nitrogens with zero attached hydrogens (tertiary/aromatic N) is 3. The monoisotopic (exact) mass is 301 g/mol. The Balaban J connectivity index is 2.89. The first kappa shape index (κ1) is 17.7. The molecule has 0 aromatic heterocycles. The van der Waals surface area contributed by atoms with Crippen LogP contribution in [0, 0.1) is 11.3 Å². The van der Waals surface area contributed by atoms with Gasteiger partial charge in [0, 0.05) is 25.7 Å². The number of rotatable bonds is 7. The van der Waals surface area contributed by atoms with Gasteiger partial charge in [-0.25, -0.2) is 0 Å². The van der Waals surface area contributed by atoms with Gasteiger partial charge in [-0.2, -0.15) is 5.26 Å². The molecule has 0 bridgehead atoms. The molecule has 0 spiro atoms. The summed E-state index contributed by atoms with van der Waals surface area (Å²) in [5.41, 5.74) is 1.16. The molecule has 0 unspecified atom stereocenters. The number of hydrogen-bond donors (Lipinski definition) is 0. The topological polar surface area (TPSA) is 64.4 Å². The van der Waals surface area contributed by atoms with Crippen LogP contribution in [-0.2, 0) is 9.59 Å². The first-order valence-electron chi connectivity index (χ1n) is 7.59. The van der Waals surface area contributed by atoms with Gasteiger partial charge in [-0.1, -0.05) is 13.8 Å². The van der Waals surface area contributed by atoms with Crippen LogP contribution in [0.3, 0.4) is 0 Å². The maximum Gasteiger partial charge on any atom is 0.242 e. The Labute approximate surface area is 132 Å². The van der Waals surface area contributed by atoms with Gasteiger partial charge in [0.15, 0.2) is 0 Å². The molecule has 1 aromatic carbocycles. The van der Waals surface area contributed by atoms with Gasteiger partial charge in [-0.3, -0.25) is 9.59 Å². The average Bonchev–Trinajstić information content (AvgIpc) is 2.52. The molecule has 22 heavy (non-hydrogen) atoms. The third-order valence-corrected chi connectivity index (χ3v) is 3.32. The van der Waals surface area contributed by atoms with Crippen molar-refractivity contribution in [3.8, 4) is 6.07 Å². The predicted octanol–water partition coefficient (Wildman–Crippen LogP) is 2.56. The molecule has 0 atom stereocenters. The molecule has 0 radical (unpaired) electrons. The van der Waals surface area contributed by atoms with E-state index in [9.17, 15) is 9.59 Å². The quantitative estimate of drug-likeness (QED) is 0.777. The summed E-state index contributed by atoms with van der Waals surface area (Å²) in [6, 6.07) is 8.71. The normalized spacial score (nSPS) is 9.91. The Bertz CT molecular complexity index is 540. The number of anilines is 1. The van der Waals surface area contributed by atoms with E-state index in [1.54, 1.807) is 29.2 Å². The van der Waals surface area contributed by atoms with Gasteiger partial charge in [0.25, 0.3) is 0 Å². The summed E-state index contributed by atoms with van der Waals surface area (Å²) >= 11 is 0. The minimum Gasteiger partial charge on any atom is -0.341 e. The maximum atomic E-state index is 12.4. The molecule has 0 aliphatic carbocycles. The molecular weight excluding hydrogens is 278 g/mol. The van der Waals surface area contributed by atoms with E-state index in [1.165, 1.54) is 11.8 Å². The van der Waals surface area contributed by atoms with Gasteiger partial charge >= 0.3 is 0 Å². The molecular formula is C17H23N3O2. The zero-order valence-electron chi connectivity index (χ0n) is 13.5. The standard InChI is InChI=1S/C17H23N3O2/c1-4-10-19(11-5-2)17(22)13-20(14(3)21)16-8-6-15(12-18)7-9-16/h6-9H,4-5,10-11,13H2,1-3H3. The van der Waals surface area contributed by atoms with Gasteiger partial charge in [0.05, 0.1) is 11.6 Å². The molecule has 0 saturated carbocycles. The lowest BCUT2D eigenvalue weighted by atomic mass is 10.2. The molecule has 0 heterocycles. The molecule has 0 N–H and O–H groups in total. The number of hydrogen-bond acceptors (Lipinski definition) is 3. The summed E-state index contributed by atoms with van der Waals surface area (Å²) in [6.07, 6.45) is 1.78. The summed E-state index contributed by atoms with van der Waals surface area (Å²) in [7, 11) is 0. The minimum atomic E-state index is -0.189. The number of nitriles is 1. The van der Waals surface area contributed by atoms with Crippen LogP contribution in [0.2, 0.25) is 0 Å². The van der Waals surface area contributed by atoms with E-state index in [1.807, 2.05) is 19.9 Å². The van der Waals surface area contributed by atoms with Crippen LogP contribution < -0.4 is 4.90 Å². The predicted molar refractivity (Wildman–Crippen MR) is 86.3 cm³/mol. The highest BCUT2D eigenvalue weighted by atomic mass is 16.2. The smallest absolute Gasteiger partial charge is 0.242 e. The summed E-state index contributed by atoms with van der Waals surface area (Å²) in [4.78, 5) is 27.5. The van der Waals surface area contributed by atoms with Crippen molar-refractivity contribution in [1.29, 1.82) is 5.26 Å². The van der Waals surface area contributed by atoms with E-state index in [2.05, 4.69) is 0 Å². The van der Waals surface area contributed by atoms with Crippen LogP contribution in [0.1, 0.15) is 39.2 Å². The van der Waals surface area contributed by atoms with Gasteiger partial charge in [0.1, 0.15) is 6.54 Å². The summed E-state index contributed by atoms with van der Waals surface area (Å²) in [5, 5.41) is 8.82. The third-order valence-electron chi connectivity index (χ3n) is 3.32. The molecule has 0 aliphatic heterocycles. The van der Waals surface area contributed by atoms with Gasteiger partial charge < -0.3 is 9.80 Å². The summed E-state index contributed by atoms with van der Waals surface area (Å²) in [6.45, 7) is 6.92. The number of carbonyl (C=O) groups excluding carboxylic acids is 2. The van der Waals surface area contributed by atoms with Crippen molar-refractivity contribution in [2.75, 3.05) is 24.5 Å². The van der Waals surface area contributed by atoms with Crippen molar-refractivity contribution in [3.05, 3.63) is 29.8 Å². The van der Waals surface area contributed by atoms with Crippen molar-refractivity contribution in [2.45, 2.75) is 33.6 Å². The van der Waals surface area contributed by atoms with Crippen LogP contribution in [0.4, 0.5) is 5.69 Å². The molecule has 118 valence electrons. The Morgan fingerprint density at radius 2 is 1.64 bits per heavy atom. The summed E-state index contributed by atoms with van der Waals surface area (Å²) < 4.78 is 0. The number of amides is 2. The lowest BCUT2D eigenvalue weighted by Crippen LogP contribution is -2.43. The Kier molecular flexibility index (Phi) is 7.11. The third kappa shape index (κ3) is 4.88. The highest BCUT2D eigenvalue weighted by Gasteiger charge is 2.19. The Morgan fingerprint density at radius 3 is 2.05 bits per heavy atom. The summed E-state index contributed by atoms with van der Waals surface area (Å²) in [5.74, 6) is -0.241. The largest absolute Gasteiger partial charge is 0.341 e. The lowest BCUT2D eigenvalue weighted by Gasteiger charge is -2.26. The van der Waals surface area contributed by atoms with E-state index in [0.717, 1.165) is 12.8 Å². The first-order chi connectivity index (χ1) is 10.5. The average molecular weight is 301 g/mol. The molecule has 2 amide bonds. The second-order valence-corrected chi connectivity index (χ2v) is 5.14. The highest BCUT2D eigenvalue weighted by molar-refractivity contribution is 5.97. The van der Waals surface area contributed by atoms with Crippen molar-refractivity contribution in [3.63, 3.8) is 0 Å². The number of benzene rings is 1. The SMILES string of the molecule is CCCN(CCC)C(=O)CN(C(C)=O)c1ccc(C#N)cc1. The fourth-order valence-electron chi connectivity index (χ4n) is 2.24. The van der Waals surface area contributed by atoms with Crippen LogP contribution in [0.15, 0.2) is 24.3 Å². The van der Waals surface area contributed by atoms with Crippen molar-refractivity contribution < 1.29 is 9.59 Å². The zero-order valence-corrected chi connectivity index (χ0v) is 13.5. The number of carbonyl (C=O) groups is 2. The molecule has 0 aliphatic rings. The zero-order chi connectivity index (χ0) is 16.5. The molecule has 5 heteroatoms. The molecule has 0 fully saturated rings. The Morgan fingerprint density at radius 1 is 1.09 bits per heavy atom. The van der Waals surface area contributed by atoms with Gasteiger partial charge in [-0.15, -0.1) is 0 Å².